The molecule has 0 spiro atoms. The monoisotopic (exact) mass is 399 g/mol. The Morgan fingerprint density at radius 2 is 1.84 bits per heavy atom. The number of aromatic nitrogens is 1. The molecule has 0 fully saturated rings. The number of carbonyl (C=O) groups is 2. The number of hydrogen-bond donors (Lipinski definition) is 1. The fraction of sp³-hybridized carbons (Fsp3) is 0.200. The van der Waals surface area contributed by atoms with E-state index >= 15 is 0 Å². The predicted octanol–water partition coefficient (Wildman–Crippen LogP) is 4.58. The molecule has 25 heavy (non-hydrogen) atoms. The highest BCUT2D eigenvalue weighted by molar-refractivity contribution is 9.10. The summed E-state index contributed by atoms with van der Waals surface area (Å²) in [6.45, 7) is 1.89. The van der Waals surface area contributed by atoms with Gasteiger partial charge < -0.3 is 9.72 Å². The molecular formula is C20H18BrNO3. The summed E-state index contributed by atoms with van der Waals surface area (Å²) in [7, 11) is 0. The molecule has 0 bridgehead atoms. The number of Topliss-reactive ketones (excluding diaryl/α,β-unsaturated/α-hetero) is 1. The summed E-state index contributed by atoms with van der Waals surface area (Å²) in [6.07, 6.45) is 1.98. The quantitative estimate of drug-likeness (QED) is 0.487. The average Bonchev–Trinajstić information content (AvgIpc) is 3.04. The van der Waals surface area contributed by atoms with Crippen LogP contribution in [0, 0.1) is 0 Å². The van der Waals surface area contributed by atoms with Gasteiger partial charge in [-0.2, -0.15) is 0 Å². The maximum atomic E-state index is 12.3. The minimum absolute atomic E-state index is 0.0717. The van der Waals surface area contributed by atoms with E-state index in [2.05, 4.69) is 20.9 Å². The van der Waals surface area contributed by atoms with Crippen LogP contribution in [-0.2, 0) is 14.3 Å². The number of ketones is 1. The second-order valence-corrected chi connectivity index (χ2v) is 6.66. The molecule has 3 aromatic rings. The maximum Gasteiger partial charge on any atom is 0.374 e. The number of esters is 1. The fourth-order valence-corrected chi connectivity index (χ4v) is 3.23. The van der Waals surface area contributed by atoms with Gasteiger partial charge in [0, 0.05) is 33.9 Å². The van der Waals surface area contributed by atoms with Crippen LogP contribution in [0.5, 0.6) is 0 Å². The van der Waals surface area contributed by atoms with Gasteiger partial charge in [0.25, 0.3) is 0 Å². The van der Waals surface area contributed by atoms with E-state index in [-0.39, 0.29) is 18.9 Å². The van der Waals surface area contributed by atoms with Crippen molar-refractivity contribution in [2.45, 2.75) is 19.3 Å². The molecule has 1 unspecified atom stereocenters. The fourth-order valence-electron chi connectivity index (χ4n) is 2.97. The Labute approximate surface area is 154 Å². The summed E-state index contributed by atoms with van der Waals surface area (Å²) < 4.78 is 5.82. The Bertz CT molecular complexity index is 899. The predicted molar refractivity (Wildman–Crippen MR) is 101 cm³/mol. The van der Waals surface area contributed by atoms with Crippen molar-refractivity contribution in [3.05, 3.63) is 70.3 Å². The van der Waals surface area contributed by atoms with Gasteiger partial charge in [-0.3, -0.25) is 4.79 Å². The average molecular weight is 400 g/mol. The molecule has 5 heteroatoms. The number of aromatic amines is 1. The normalized spacial score (nSPS) is 12.1. The smallest absolute Gasteiger partial charge is 0.374 e. The Hall–Kier alpha value is -2.40. The maximum absolute atomic E-state index is 12.3. The summed E-state index contributed by atoms with van der Waals surface area (Å²) in [4.78, 5) is 27.4. The van der Waals surface area contributed by atoms with Gasteiger partial charge in [0.1, 0.15) is 0 Å². The van der Waals surface area contributed by atoms with Crippen LogP contribution < -0.4 is 0 Å². The summed E-state index contributed by atoms with van der Waals surface area (Å²) in [6, 6.07) is 15.7. The number of carbonyl (C=O) groups excluding carboxylic acids is 2. The lowest BCUT2D eigenvalue weighted by Gasteiger charge is -2.16. The molecule has 0 radical (unpaired) electrons. The Morgan fingerprint density at radius 1 is 1.12 bits per heavy atom. The van der Waals surface area contributed by atoms with E-state index in [1.165, 1.54) is 0 Å². The van der Waals surface area contributed by atoms with Crippen LogP contribution in [-0.4, -0.2) is 23.3 Å². The van der Waals surface area contributed by atoms with Crippen molar-refractivity contribution < 1.29 is 14.3 Å². The Kier molecular flexibility index (Phi) is 5.34. The first-order chi connectivity index (χ1) is 12.1. The van der Waals surface area contributed by atoms with Crippen LogP contribution in [0.15, 0.2) is 59.2 Å². The lowest BCUT2D eigenvalue weighted by atomic mass is 9.87. The number of para-hydroxylation sites is 1. The highest BCUT2D eigenvalue weighted by Crippen LogP contribution is 2.34. The summed E-state index contributed by atoms with van der Waals surface area (Å²) in [5.74, 6) is -1.51. The van der Waals surface area contributed by atoms with Crippen LogP contribution in [0.1, 0.15) is 30.4 Å². The molecule has 0 saturated carbocycles. The van der Waals surface area contributed by atoms with Crippen molar-refractivity contribution in [3.8, 4) is 0 Å². The van der Waals surface area contributed by atoms with E-state index in [0.29, 0.717) is 0 Å². The van der Waals surface area contributed by atoms with E-state index in [9.17, 15) is 9.59 Å². The van der Waals surface area contributed by atoms with Gasteiger partial charge in [0.2, 0.25) is 5.78 Å². The molecule has 1 aromatic heterocycles. The number of hydrogen-bond acceptors (Lipinski definition) is 3. The first kappa shape index (κ1) is 17.4. The number of H-pyrrole nitrogens is 1. The zero-order chi connectivity index (χ0) is 17.8. The molecule has 0 aliphatic heterocycles. The molecule has 3 rings (SSSR count). The SMILES string of the molecule is CCOC(=O)C(=O)CC(c1ccc(Br)cc1)c1c[nH]c2ccccc12. The van der Waals surface area contributed by atoms with Gasteiger partial charge in [0.15, 0.2) is 0 Å². The molecular weight excluding hydrogens is 382 g/mol. The molecule has 0 aliphatic carbocycles. The van der Waals surface area contributed by atoms with Crippen molar-refractivity contribution >= 4 is 38.6 Å². The zero-order valence-electron chi connectivity index (χ0n) is 13.8. The van der Waals surface area contributed by atoms with Crippen LogP contribution in [0.25, 0.3) is 10.9 Å². The van der Waals surface area contributed by atoms with Crippen LogP contribution >= 0.6 is 15.9 Å². The molecule has 1 atom stereocenters. The second kappa shape index (κ2) is 7.66. The number of benzene rings is 2. The summed E-state index contributed by atoms with van der Waals surface area (Å²) >= 11 is 3.43. The topological polar surface area (TPSA) is 59.2 Å². The number of fused-ring (bicyclic) bond motifs is 1. The van der Waals surface area contributed by atoms with Gasteiger partial charge in [-0.15, -0.1) is 0 Å². The van der Waals surface area contributed by atoms with E-state index in [0.717, 1.165) is 26.5 Å². The lowest BCUT2D eigenvalue weighted by molar-refractivity contribution is -0.153. The van der Waals surface area contributed by atoms with E-state index in [4.69, 9.17) is 4.74 Å². The summed E-state index contributed by atoms with van der Waals surface area (Å²) in [5.41, 5.74) is 2.98. The molecule has 0 amide bonds. The van der Waals surface area contributed by atoms with Gasteiger partial charge in [-0.1, -0.05) is 46.3 Å². The van der Waals surface area contributed by atoms with Crippen molar-refractivity contribution in [2.75, 3.05) is 6.61 Å². The number of halogens is 1. The van der Waals surface area contributed by atoms with E-state index < -0.39 is 11.8 Å². The molecule has 128 valence electrons. The molecule has 2 aromatic carbocycles. The van der Waals surface area contributed by atoms with Crippen molar-refractivity contribution in [2.24, 2.45) is 0 Å². The van der Waals surface area contributed by atoms with Crippen molar-refractivity contribution in [3.63, 3.8) is 0 Å². The third-order valence-corrected chi connectivity index (χ3v) is 4.69. The Balaban J connectivity index is 2.01. The molecule has 1 heterocycles. The number of ether oxygens (including phenoxy) is 1. The minimum atomic E-state index is -0.774. The van der Waals surface area contributed by atoms with E-state index in [1.807, 2.05) is 54.7 Å². The minimum Gasteiger partial charge on any atom is -0.460 e. The third-order valence-electron chi connectivity index (χ3n) is 4.16. The summed E-state index contributed by atoms with van der Waals surface area (Å²) in [5, 5.41) is 1.05. The van der Waals surface area contributed by atoms with Gasteiger partial charge in [-0.05, 0) is 36.2 Å². The molecule has 0 saturated heterocycles. The van der Waals surface area contributed by atoms with E-state index in [1.54, 1.807) is 6.92 Å². The van der Waals surface area contributed by atoms with Crippen molar-refractivity contribution in [1.29, 1.82) is 0 Å². The number of nitrogens with one attached hydrogen (secondary N) is 1. The van der Waals surface area contributed by atoms with Crippen molar-refractivity contribution in [1.82, 2.24) is 4.98 Å². The van der Waals surface area contributed by atoms with Gasteiger partial charge >= 0.3 is 5.97 Å². The first-order valence-corrected chi connectivity index (χ1v) is 8.91. The van der Waals surface area contributed by atoms with Crippen LogP contribution in [0.2, 0.25) is 0 Å². The zero-order valence-corrected chi connectivity index (χ0v) is 15.4. The van der Waals surface area contributed by atoms with Crippen LogP contribution in [0.4, 0.5) is 0 Å². The standard InChI is InChI=1S/C20H18BrNO3/c1-2-25-20(24)19(23)11-16(13-7-9-14(21)10-8-13)17-12-22-18-6-4-3-5-15(17)18/h3-10,12,16,22H,2,11H2,1H3. The third kappa shape index (κ3) is 3.82. The highest BCUT2D eigenvalue weighted by atomic mass is 79.9. The molecule has 4 nitrogen and oxygen atoms in total. The van der Waals surface area contributed by atoms with Crippen LogP contribution in [0.3, 0.4) is 0 Å². The van der Waals surface area contributed by atoms with Gasteiger partial charge in [-0.25, -0.2) is 4.79 Å². The highest BCUT2D eigenvalue weighted by Gasteiger charge is 2.25. The Morgan fingerprint density at radius 3 is 2.56 bits per heavy atom. The first-order valence-electron chi connectivity index (χ1n) is 8.11. The lowest BCUT2D eigenvalue weighted by Crippen LogP contribution is -2.20. The second-order valence-electron chi connectivity index (χ2n) is 5.74. The molecule has 1 N–H and O–H groups in total. The largest absolute Gasteiger partial charge is 0.460 e. The molecule has 0 aliphatic rings. The number of rotatable bonds is 6. The van der Waals surface area contributed by atoms with Gasteiger partial charge in [0.05, 0.1) is 6.61 Å².